The summed E-state index contributed by atoms with van der Waals surface area (Å²) in [6.45, 7) is 5.87. The molecule has 44 heavy (non-hydrogen) atoms. The molecule has 0 aromatic rings. The van der Waals surface area contributed by atoms with E-state index in [2.05, 4.69) is 19.2 Å². The normalized spacial score (nSPS) is 12.1. The first-order valence-electron chi connectivity index (χ1n) is 20.1. The zero-order valence-corrected chi connectivity index (χ0v) is 30.2. The number of ketones is 1. The van der Waals surface area contributed by atoms with Gasteiger partial charge in [-0.1, -0.05) is 187 Å². The number of Topliss-reactive ketones (excluding diaryl/α,β-unsaturated/α-hetero) is 1. The molecule has 262 valence electrons. The Morgan fingerprint density at radius 1 is 0.477 bits per heavy atom. The summed E-state index contributed by atoms with van der Waals surface area (Å²) in [6.07, 6.45) is 41.4. The molecule has 4 nitrogen and oxygen atoms in total. The Kier molecular flexibility index (Phi) is 35.8. The molecule has 0 aliphatic rings. The number of hydrogen-bond donors (Lipinski definition) is 2. The Labute approximate surface area is 276 Å². The van der Waals surface area contributed by atoms with E-state index in [4.69, 9.17) is 5.73 Å². The first kappa shape index (κ1) is 43.1. The zero-order valence-electron chi connectivity index (χ0n) is 30.2. The van der Waals surface area contributed by atoms with Crippen LogP contribution in [0.3, 0.4) is 0 Å². The molecule has 0 unspecified atom stereocenters. The van der Waals surface area contributed by atoms with Gasteiger partial charge < -0.3 is 11.1 Å². The number of unbranched alkanes of at least 4 members (excludes halogenated alkanes) is 27. The van der Waals surface area contributed by atoms with Gasteiger partial charge in [-0.05, 0) is 32.2 Å². The van der Waals surface area contributed by atoms with Gasteiger partial charge in [0.15, 0.2) is 0 Å². The molecule has 0 aromatic heterocycles. The molecule has 0 bridgehead atoms. The second kappa shape index (κ2) is 36.6. The number of amides is 1. The predicted octanol–water partition coefficient (Wildman–Crippen LogP) is 12.2. The predicted molar refractivity (Wildman–Crippen MR) is 194 cm³/mol. The van der Waals surface area contributed by atoms with Crippen LogP contribution in [0.4, 0.5) is 0 Å². The zero-order chi connectivity index (χ0) is 32.2. The third-order valence-electron chi connectivity index (χ3n) is 9.49. The minimum Gasteiger partial charge on any atom is -0.356 e. The Morgan fingerprint density at radius 2 is 0.818 bits per heavy atom. The van der Waals surface area contributed by atoms with E-state index in [0.717, 1.165) is 38.6 Å². The molecule has 0 fully saturated rings. The lowest BCUT2D eigenvalue weighted by atomic mass is 9.93. The molecular formula is C40H80N2O2. The third-order valence-corrected chi connectivity index (χ3v) is 9.49. The average molecular weight is 621 g/mol. The number of carbonyl (C=O) groups excluding carboxylic acids is 2. The Balaban J connectivity index is 3.67. The summed E-state index contributed by atoms with van der Waals surface area (Å²) in [7, 11) is 0. The molecule has 0 saturated heterocycles. The Hall–Kier alpha value is -0.900. The lowest BCUT2D eigenvalue weighted by Crippen LogP contribution is -2.33. The molecule has 4 heteroatoms. The maximum Gasteiger partial charge on any atom is 0.223 e. The molecule has 0 rings (SSSR count). The van der Waals surface area contributed by atoms with Crippen molar-refractivity contribution in [2.75, 3.05) is 13.1 Å². The smallest absolute Gasteiger partial charge is 0.223 e. The average Bonchev–Trinajstić information content (AvgIpc) is 3.02. The van der Waals surface area contributed by atoms with Crippen LogP contribution in [0, 0.1) is 5.92 Å². The van der Waals surface area contributed by atoms with Crippen LogP contribution in [-0.2, 0) is 9.59 Å². The van der Waals surface area contributed by atoms with Crippen molar-refractivity contribution < 1.29 is 9.59 Å². The summed E-state index contributed by atoms with van der Waals surface area (Å²) in [5.74, 6) is 0.124. The maximum atomic E-state index is 12.8. The number of hydrogen-bond acceptors (Lipinski definition) is 3. The largest absolute Gasteiger partial charge is 0.356 e. The summed E-state index contributed by atoms with van der Waals surface area (Å²) in [4.78, 5) is 25.4. The molecule has 3 N–H and O–H groups in total. The summed E-state index contributed by atoms with van der Waals surface area (Å²) in [5, 5.41) is 3.12. The molecule has 0 aliphatic carbocycles. The van der Waals surface area contributed by atoms with Crippen LogP contribution in [0.2, 0.25) is 0 Å². The summed E-state index contributed by atoms with van der Waals surface area (Å²) < 4.78 is 0. The van der Waals surface area contributed by atoms with E-state index < -0.39 is 0 Å². The quantitative estimate of drug-likeness (QED) is 0.0679. The first-order valence-corrected chi connectivity index (χ1v) is 20.1. The van der Waals surface area contributed by atoms with E-state index in [-0.39, 0.29) is 17.6 Å². The van der Waals surface area contributed by atoms with E-state index >= 15 is 0 Å². The molecule has 0 radical (unpaired) electrons. The fourth-order valence-electron chi connectivity index (χ4n) is 6.44. The first-order chi connectivity index (χ1) is 21.7. The van der Waals surface area contributed by atoms with E-state index in [9.17, 15) is 9.59 Å². The number of nitrogens with two attached hydrogens (primary N) is 1. The standard InChI is InChI=1S/C40H80N2O2/c1-3-5-7-9-11-13-15-16-17-18-19-20-21-22-23-24-26-28-30-34-39(43)37-38(33-32-35-41)40(44)42-36-31-29-27-25-14-12-10-8-6-4-2/h38H,3-37,41H2,1-2H3,(H,42,44)/t38-/m1/s1. The highest BCUT2D eigenvalue weighted by atomic mass is 16.2. The third kappa shape index (κ3) is 32.5. The maximum absolute atomic E-state index is 12.8. The molecule has 1 amide bonds. The lowest BCUT2D eigenvalue weighted by Gasteiger charge is -2.16. The van der Waals surface area contributed by atoms with Gasteiger partial charge in [-0.25, -0.2) is 0 Å². The molecule has 0 saturated carbocycles. The highest BCUT2D eigenvalue weighted by Crippen LogP contribution is 2.17. The highest BCUT2D eigenvalue weighted by molar-refractivity contribution is 5.86. The van der Waals surface area contributed by atoms with E-state index in [1.807, 2.05) is 0 Å². The van der Waals surface area contributed by atoms with E-state index in [1.54, 1.807) is 0 Å². The van der Waals surface area contributed by atoms with Gasteiger partial charge in [-0.2, -0.15) is 0 Å². The van der Waals surface area contributed by atoms with Crippen molar-refractivity contribution in [3.05, 3.63) is 0 Å². The number of carbonyl (C=O) groups is 2. The highest BCUT2D eigenvalue weighted by Gasteiger charge is 2.20. The van der Waals surface area contributed by atoms with Crippen molar-refractivity contribution in [3.63, 3.8) is 0 Å². The topological polar surface area (TPSA) is 72.2 Å². The van der Waals surface area contributed by atoms with Gasteiger partial charge in [0, 0.05) is 25.3 Å². The van der Waals surface area contributed by atoms with Crippen LogP contribution < -0.4 is 11.1 Å². The van der Waals surface area contributed by atoms with Crippen LogP contribution in [0.1, 0.15) is 226 Å². The van der Waals surface area contributed by atoms with Gasteiger partial charge in [0.2, 0.25) is 5.91 Å². The SMILES string of the molecule is CCCCCCCCCCCCCCCCCCCCCC(=O)C[C@@H](CCCN)C(=O)NCCCCCCCCCCCC. The van der Waals surface area contributed by atoms with Gasteiger partial charge >= 0.3 is 0 Å². The van der Waals surface area contributed by atoms with Crippen molar-refractivity contribution in [2.24, 2.45) is 11.7 Å². The van der Waals surface area contributed by atoms with Crippen molar-refractivity contribution >= 4 is 11.7 Å². The lowest BCUT2D eigenvalue weighted by molar-refractivity contribution is -0.129. The summed E-state index contributed by atoms with van der Waals surface area (Å²) >= 11 is 0. The van der Waals surface area contributed by atoms with Gasteiger partial charge in [0.05, 0.1) is 0 Å². The monoisotopic (exact) mass is 621 g/mol. The van der Waals surface area contributed by atoms with Gasteiger partial charge in [0.25, 0.3) is 0 Å². The number of nitrogens with one attached hydrogen (secondary N) is 1. The molecule has 0 aliphatic heterocycles. The van der Waals surface area contributed by atoms with Gasteiger partial charge in [-0.3, -0.25) is 9.59 Å². The second-order valence-corrected chi connectivity index (χ2v) is 14.0. The van der Waals surface area contributed by atoms with Crippen LogP contribution in [-0.4, -0.2) is 24.8 Å². The van der Waals surface area contributed by atoms with Crippen LogP contribution in [0.25, 0.3) is 0 Å². The fraction of sp³-hybridized carbons (Fsp3) is 0.950. The van der Waals surface area contributed by atoms with Gasteiger partial charge in [0.1, 0.15) is 5.78 Å². The van der Waals surface area contributed by atoms with E-state index in [1.165, 1.54) is 167 Å². The number of rotatable bonds is 37. The van der Waals surface area contributed by atoms with Crippen LogP contribution in [0.5, 0.6) is 0 Å². The minimum absolute atomic E-state index is 0.0656. The fourth-order valence-corrected chi connectivity index (χ4v) is 6.44. The van der Waals surface area contributed by atoms with Crippen molar-refractivity contribution in [1.29, 1.82) is 0 Å². The molecular weight excluding hydrogens is 540 g/mol. The molecule has 1 atom stereocenters. The van der Waals surface area contributed by atoms with E-state index in [0.29, 0.717) is 19.4 Å². The molecule has 0 spiro atoms. The molecule has 0 heterocycles. The summed E-state index contributed by atoms with van der Waals surface area (Å²) in [5.41, 5.74) is 5.72. The molecule has 0 aromatic carbocycles. The summed E-state index contributed by atoms with van der Waals surface area (Å²) in [6, 6.07) is 0. The Bertz CT molecular complexity index is 594. The van der Waals surface area contributed by atoms with Crippen LogP contribution >= 0.6 is 0 Å². The van der Waals surface area contributed by atoms with Crippen LogP contribution in [0.15, 0.2) is 0 Å². The van der Waals surface area contributed by atoms with Crippen molar-refractivity contribution in [2.45, 2.75) is 226 Å². The van der Waals surface area contributed by atoms with Crippen molar-refractivity contribution in [1.82, 2.24) is 5.32 Å². The Morgan fingerprint density at radius 3 is 1.18 bits per heavy atom. The minimum atomic E-state index is -0.200. The van der Waals surface area contributed by atoms with Crippen molar-refractivity contribution in [3.8, 4) is 0 Å². The second-order valence-electron chi connectivity index (χ2n) is 14.0. The van der Waals surface area contributed by atoms with Gasteiger partial charge in [-0.15, -0.1) is 0 Å².